The zero-order valence-electron chi connectivity index (χ0n) is 20.1. The molecule has 9 heteroatoms. The summed E-state index contributed by atoms with van der Waals surface area (Å²) in [6.45, 7) is 6.07. The molecule has 1 N–H and O–H groups in total. The number of rotatable bonds is 7. The third kappa shape index (κ3) is 5.64. The fraction of sp³-hybridized carbons (Fsp3) is 0.583. The molecule has 180 valence electrons. The second-order valence-electron chi connectivity index (χ2n) is 9.62. The Morgan fingerprint density at radius 3 is 2.52 bits per heavy atom. The number of imide groups is 1. The Morgan fingerprint density at radius 1 is 1.09 bits per heavy atom. The maximum atomic E-state index is 12.9. The smallest absolute Gasteiger partial charge is 0.407 e. The molecule has 0 saturated carbocycles. The molecule has 1 fully saturated rings. The zero-order chi connectivity index (χ0) is 24.3. The summed E-state index contributed by atoms with van der Waals surface area (Å²) in [4.78, 5) is 50.2. The number of carbonyl (C=O) groups is 3. The van der Waals surface area contributed by atoms with Crippen LogP contribution in [0, 0.1) is 0 Å². The molecule has 0 aliphatic carbocycles. The Kier molecular flexibility index (Phi) is 7.29. The molecule has 2 aromatic rings. The first-order chi connectivity index (χ1) is 15.5. The van der Waals surface area contributed by atoms with E-state index in [9.17, 15) is 19.2 Å². The number of aryl methyl sites for hydroxylation is 2. The zero-order valence-corrected chi connectivity index (χ0v) is 20.1. The van der Waals surface area contributed by atoms with Gasteiger partial charge in [0, 0.05) is 27.1 Å². The average Bonchev–Trinajstić information content (AvgIpc) is 2.98. The lowest BCUT2D eigenvalue weighted by atomic mass is 10.0. The first-order valence-electron chi connectivity index (χ1n) is 11.5. The van der Waals surface area contributed by atoms with Gasteiger partial charge in [0.2, 0.25) is 5.91 Å². The van der Waals surface area contributed by atoms with E-state index in [4.69, 9.17) is 4.74 Å². The Hall–Kier alpha value is -3.10. The minimum absolute atomic E-state index is 0.215. The fourth-order valence-corrected chi connectivity index (χ4v) is 4.14. The largest absolute Gasteiger partial charge is 0.444 e. The summed E-state index contributed by atoms with van der Waals surface area (Å²) >= 11 is 0. The number of alkyl carbamates (subject to hydrolysis) is 1. The first-order valence-corrected chi connectivity index (χ1v) is 11.5. The molecule has 0 bridgehead atoms. The van der Waals surface area contributed by atoms with E-state index in [0.29, 0.717) is 18.5 Å². The maximum Gasteiger partial charge on any atom is 0.407 e. The number of fused-ring (bicyclic) bond motifs is 1. The summed E-state index contributed by atoms with van der Waals surface area (Å²) in [6.07, 6.45) is 3.78. The van der Waals surface area contributed by atoms with Crippen molar-refractivity contribution in [1.29, 1.82) is 0 Å². The molecule has 0 spiro atoms. The van der Waals surface area contributed by atoms with Crippen LogP contribution in [-0.4, -0.2) is 51.1 Å². The second-order valence-corrected chi connectivity index (χ2v) is 9.62. The van der Waals surface area contributed by atoms with Gasteiger partial charge in [-0.1, -0.05) is 12.5 Å². The van der Waals surface area contributed by atoms with Crippen molar-refractivity contribution < 1.29 is 19.1 Å². The Balaban J connectivity index is 1.60. The third-order valence-electron chi connectivity index (χ3n) is 5.90. The fourth-order valence-electron chi connectivity index (χ4n) is 4.14. The predicted molar refractivity (Wildman–Crippen MR) is 125 cm³/mol. The highest BCUT2D eigenvalue weighted by Gasteiger charge is 2.35. The maximum absolute atomic E-state index is 12.9. The van der Waals surface area contributed by atoms with Crippen molar-refractivity contribution in [2.45, 2.75) is 70.9 Å². The van der Waals surface area contributed by atoms with Crippen LogP contribution in [0.5, 0.6) is 0 Å². The van der Waals surface area contributed by atoms with Crippen molar-refractivity contribution in [3.05, 3.63) is 34.2 Å². The highest BCUT2D eigenvalue weighted by Crippen LogP contribution is 2.26. The normalized spacial score (nSPS) is 17.0. The van der Waals surface area contributed by atoms with Crippen molar-refractivity contribution in [2.75, 3.05) is 13.6 Å². The van der Waals surface area contributed by atoms with Crippen LogP contribution in [0.2, 0.25) is 0 Å². The van der Waals surface area contributed by atoms with E-state index < -0.39 is 17.7 Å². The van der Waals surface area contributed by atoms with Gasteiger partial charge in [-0.2, -0.15) is 0 Å². The molecule has 1 aliphatic heterocycles. The summed E-state index contributed by atoms with van der Waals surface area (Å²) in [6, 6.07) is 5.21. The number of nitrogens with one attached hydrogen (secondary N) is 1. The lowest BCUT2D eigenvalue weighted by Gasteiger charge is -2.28. The number of nitrogens with zero attached hydrogens (tertiary/aromatic N) is 3. The molecular weight excluding hydrogens is 424 g/mol. The lowest BCUT2D eigenvalue weighted by Crippen LogP contribution is -2.45. The molecule has 1 saturated heterocycles. The summed E-state index contributed by atoms with van der Waals surface area (Å²) in [5, 5.41) is 2.77. The average molecular weight is 459 g/mol. The number of amides is 3. The highest BCUT2D eigenvalue weighted by atomic mass is 16.6. The Morgan fingerprint density at radius 2 is 1.82 bits per heavy atom. The molecular formula is C24H34N4O5. The summed E-state index contributed by atoms with van der Waals surface area (Å²) in [7, 11) is 3.17. The van der Waals surface area contributed by atoms with Crippen LogP contribution < -0.4 is 11.0 Å². The number of hydrogen-bond donors (Lipinski definition) is 1. The number of aromatic nitrogens is 2. The molecule has 1 unspecified atom stereocenters. The molecule has 1 aliphatic rings. The molecule has 1 atom stereocenters. The number of unbranched alkanes of at least 4 members (excludes halogenated alkanes) is 2. The van der Waals surface area contributed by atoms with Gasteiger partial charge in [-0.05, 0) is 64.2 Å². The molecule has 3 rings (SSSR count). The van der Waals surface area contributed by atoms with Gasteiger partial charge in [-0.3, -0.25) is 23.6 Å². The van der Waals surface area contributed by atoms with Crippen molar-refractivity contribution in [3.63, 3.8) is 0 Å². The monoisotopic (exact) mass is 458 g/mol. The van der Waals surface area contributed by atoms with Crippen LogP contribution >= 0.6 is 0 Å². The standard InChI is InChI=1S/C24H34N4O5/c1-24(2,3)33-22(31)25-14-8-6-7-9-16-10-11-17-19(15-16)26(4)23(32)28(17)18-12-13-20(29)27(5)21(18)30/h10-11,15,18H,6-9,12-14H2,1-5H3,(H,25,31). The minimum atomic E-state index is -0.660. The van der Waals surface area contributed by atoms with Crippen LogP contribution in [-0.2, 0) is 27.8 Å². The van der Waals surface area contributed by atoms with E-state index in [1.54, 1.807) is 11.6 Å². The van der Waals surface area contributed by atoms with Crippen molar-refractivity contribution in [1.82, 2.24) is 19.4 Å². The van der Waals surface area contributed by atoms with Crippen molar-refractivity contribution in [2.24, 2.45) is 7.05 Å². The summed E-state index contributed by atoms with van der Waals surface area (Å²) in [5.74, 6) is -0.557. The third-order valence-corrected chi connectivity index (χ3v) is 5.90. The topological polar surface area (TPSA) is 103 Å². The molecule has 1 aromatic heterocycles. The van der Waals surface area contributed by atoms with E-state index in [-0.39, 0.29) is 23.9 Å². The highest BCUT2D eigenvalue weighted by molar-refractivity contribution is 5.99. The van der Waals surface area contributed by atoms with Gasteiger partial charge < -0.3 is 10.1 Å². The van der Waals surface area contributed by atoms with Crippen molar-refractivity contribution >= 4 is 28.9 Å². The van der Waals surface area contributed by atoms with Crippen LogP contribution in [0.15, 0.2) is 23.0 Å². The summed E-state index contributed by atoms with van der Waals surface area (Å²) < 4.78 is 8.30. The quantitative estimate of drug-likeness (QED) is 0.508. The molecule has 2 heterocycles. The van der Waals surface area contributed by atoms with Gasteiger partial charge in [0.25, 0.3) is 5.91 Å². The van der Waals surface area contributed by atoms with Crippen LogP contribution in [0.1, 0.15) is 64.5 Å². The lowest BCUT2D eigenvalue weighted by molar-refractivity contribution is -0.149. The Labute approximate surface area is 193 Å². The first kappa shape index (κ1) is 24.5. The number of imidazole rings is 1. The van der Waals surface area contributed by atoms with E-state index in [2.05, 4.69) is 5.32 Å². The molecule has 0 radical (unpaired) electrons. The minimum Gasteiger partial charge on any atom is -0.444 e. The van der Waals surface area contributed by atoms with Gasteiger partial charge in [0.1, 0.15) is 11.6 Å². The molecule has 3 amide bonds. The van der Waals surface area contributed by atoms with E-state index >= 15 is 0 Å². The molecule has 9 nitrogen and oxygen atoms in total. The Bertz CT molecular complexity index is 1110. The van der Waals surface area contributed by atoms with E-state index in [1.807, 2.05) is 39.0 Å². The summed E-state index contributed by atoms with van der Waals surface area (Å²) in [5.41, 5.74) is 1.83. The number of likely N-dealkylation sites (N-methyl/N-ethyl adjacent to an activating group) is 1. The van der Waals surface area contributed by atoms with Crippen LogP contribution in [0.25, 0.3) is 11.0 Å². The van der Waals surface area contributed by atoms with Gasteiger partial charge >= 0.3 is 11.8 Å². The van der Waals surface area contributed by atoms with Gasteiger partial charge in [0.05, 0.1) is 11.0 Å². The second kappa shape index (κ2) is 9.80. The van der Waals surface area contributed by atoms with E-state index in [1.165, 1.54) is 11.6 Å². The van der Waals surface area contributed by atoms with Gasteiger partial charge in [0.15, 0.2) is 0 Å². The molecule has 33 heavy (non-hydrogen) atoms. The number of carbonyl (C=O) groups excluding carboxylic acids is 3. The SMILES string of the molecule is CN1C(=O)CCC(n2c(=O)n(C)c3cc(CCCCCNC(=O)OC(C)(C)C)ccc32)C1=O. The van der Waals surface area contributed by atoms with Gasteiger partial charge in [-0.25, -0.2) is 9.59 Å². The van der Waals surface area contributed by atoms with E-state index in [0.717, 1.165) is 41.7 Å². The number of piperidine rings is 1. The number of ether oxygens (including phenoxy) is 1. The number of benzene rings is 1. The van der Waals surface area contributed by atoms with Crippen LogP contribution in [0.4, 0.5) is 4.79 Å². The number of hydrogen-bond acceptors (Lipinski definition) is 5. The van der Waals surface area contributed by atoms with Gasteiger partial charge in [-0.15, -0.1) is 0 Å². The van der Waals surface area contributed by atoms with Crippen molar-refractivity contribution in [3.8, 4) is 0 Å². The predicted octanol–water partition coefficient (Wildman–Crippen LogP) is 2.90. The van der Waals surface area contributed by atoms with Crippen LogP contribution in [0.3, 0.4) is 0 Å². The number of likely N-dealkylation sites (tertiary alicyclic amines) is 1. The molecule has 1 aromatic carbocycles.